The molecule has 3 atom stereocenters. The summed E-state index contributed by atoms with van der Waals surface area (Å²) < 4.78 is 14.0. The monoisotopic (exact) mass is 311 g/mol. The van der Waals surface area contributed by atoms with Crippen LogP contribution < -0.4 is 5.32 Å². The summed E-state index contributed by atoms with van der Waals surface area (Å²) in [5.41, 5.74) is 0.813. The summed E-state index contributed by atoms with van der Waals surface area (Å²) in [6, 6.07) is 5.60. The smallest absolute Gasteiger partial charge is 0.127 e. The Balaban J connectivity index is 2.05. The van der Waals surface area contributed by atoms with Crippen LogP contribution >= 0.6 is 11.6 Å². The first kappa shape index (κ1) is 16.8. The van der Waals surface area contributed by atoms with Gasteiger partial charge in [-0.2, -0.15) is 0 Å². The minimum Gasteiger partial charge on any atom is -0.314 e. The van der Waals surface area contributed by atoms with Crippen molar-refractivity contribution in [3.05, 3.63) is 34.6 Å². The highest BCUT2D eigenvalue weighted by molar-refractivity contribution is 6.30. The summed E-state index contributed by atoms with van der Waals surface area (Å²) in [5.74, 6) is 1.81. The van der Waals surface area contributed by atoms with Crippen molar-refractivity contribution in [2.75, 3.05) is 6.54 Å². The first-order valence-electron chi connectivity index (χ1n) is 8.13. The molecule has 1 aromatic rings. The third kappa shape index (κ3) is 4.96. The van der Waals surface area contributed by atoms with Crippen molar-refractivity contribution in [1.29, 1.82) is 0 Å². The highest BCUT2D eigenvalue weighted by Gasteiger charge is 2.29. The van der Waals surface area contributed by atoms with Gasteiger partial charge in [-0.15, -0.1) is 0 Å². The van der Waals surface area contributed by atoms with Crippen molar-refractivity contribution < 1.29 is 4.39 Å². The quantitative estimate of drug-likeness (QED) is 0.800. The zero-order chi connectivity index (χ0) is 15.4. The maximum atomic E-state index is 14.0. The van der Waals surface area contributed by atoms with E-state index in [0.717, 1.165) is 24.4 Å². The summed E-state index contributed by atoms with van der Waals surface area (Å²) in [7, 11) is 0. The molecule has 1 aromatic carbocycles. The van der Waals surface area contributed by atoms with E-state index >= 15 is 0 Å². The van der Waals surface area contributed by atoms with Crippen LogP contribution in [0.1, 0.15) is 45.6 Å². The summed E-state index contributed by atoms with van der Waals surface area (Å²) in [6.07, 6.45) is 4.58. The highest BCUT2D eigenvalue weighted by Crippen LogP contribution is 2.36. The fourth-order valence-electron chi connectivity index (χ4n) is 3.44. The Kier molecular flexibility index (Phi) is 6.07. The van der Waals surface area contributed by atoms with E-state index in [9.17, 15) is 4.39 Å². The maximum absolute atomic E-state index is 14.0. The van der Waals surface area contributed by atoms with Crippen LogP contribution in [0, 0.1) is 23.6 Å². The lowest BCUT2D eigenvalue weighted by atomic mass is 9.72. The lowest BCUT2D eigenvalue weighted by Crippen LogP contribution is -2.36. The van der Waals surface area contributed by atoms with Gasteiger partial charge in [0, 0.05) is 11.1 Å². The minimum atomic E-state index is -0.156. The summed E-state index contributed by atoms with van der Waals surface area (Å²) >= 11 is 5.85. The Hall–Kier alpha value is -0.600. The third-order valence-electron chi connectivity index (χ3n) is 4.69. The Morgan fingerprint density at radius 3 is 2.71 bits per heavy atom. The van der Waals surface area contributed by atoms with E-state index in [0.29, 0.717) is 22.9 Å². The predicted octanol–water partition coefficient (Wildman–Crippen LogP) is 5.07. The van der Waals surface area contributed by atoms with Crippen molar-refractivity contribution in [1.82, 2.24) is 5.32 Å². The van der Waals surface area contributed by atoms with Crippen LogP contribution in [-0.2, 0) is 6.42 Å². The molecule has 0 amide bonds. The molecular weight excluding hydrogens is 285 g/mol. The van der Waals surface area contributed by atoms with Gasteiger partial charge in [0.25, 0.3) is 0 Å². The van der Waals surface area contributed by atoms with Crippen molar-refractivity contribution in [3.63, 3.8) is 0 Å². The molecule has 0 bridgehead atoms. The average molecular weight is 312 g/mol. The molecule has 0 radical (unpaired) electrons. The average Bonchev–Trinajstić information content (AvgIpc) is 2.41. The molecule has 0 heterocycles. The van der Waals surface area contributed by atoms with Gasteiger partial charge >= 0.3 is 0 Å². The van der Waals surface area contributed by atoms with Crippen LogP contribution in [0.3, 0.4) is 0 Å². The lowest BCUT2D eigenvalue weighted by Gasteiger charge is -2.36. The molecule has 0 saturated heterocycles. The first-order chi connectivity index (χ1) is 9.95. The molecule has 1 N–H and O–H groups in total. The second-order valence-corrected chi connectivity index (χ2v) is 7.38. The summed E-state index contributed by atoms with van der Waals surface area (Å²) in [4.78, 5) is 0. The maximum Gasteiger partial charge on any atom is 0.127 e. The fraction of sp³-hybridized carbons (Fsp3) is 0.667. The van der Waals surface area contributed by atoms with E-state index in [1.54, 1.807) is 6.07 Å². The molecule has 0 spiro atoms. The lowest BCUT2D eigenvalue weighted by molar-refractivity contribution is 0.180. The standard InChI is InChI=1S/C18H27ClFN/c1-12(2)21-11-15-5-4-13(3)8-16(15)9-14-6-7-17(19)10-18(14)20/h6-7,10,12-13,15-16,21H,4-5,8-9,11H2,1-3H3. The van der Waals surface area contributed by atoms with Crippen molar-refractivity contribution in [2.45, 2.75) is 52.5 Å². The Bertz CT molecular complexity index is 461. The second-order valence-electron chi connectivity index (χ2n) is 6.94. The van der Waals surface area contributed by atoms with Gasteiger partial charge in [0.1, 0.15) is 5.82 Å². The van der Waals surface area contributed by atoms with Crippen LogP contribution in [0.25, 0.3) is 0 Å². The summed E-state index contributed by atoms with van der Waals surface area (Å²) in [6.45, 7) is 7.72. The molecule has 1 aliphatic carbocycles. The molecule has 1 saturated carbocycles. The molecule has 21 heavy (non-hydrogen) atoms. The number of rotatable bonds is 5. The van der Waals surface area contributed by atoms with E-state index in [-0.39, 0.29) is 5.82 Å². The molecule has 1 nitrogen and oxygen atoms in total. The molecule has 3 heteroatoms. The molecule has 1 aliphatic rings. The molecule has 2 rings (SSSR count). The van der Waals surface area contributed by atoms with Crippen molar-refractivity contribution in [2.24, 2.45) is 17.8 Å². The van der Waals surface area contributed by atoms with Gasteiger partial charge < -0.3 is 5.32 Å². The predicted molar refractivity (Wildman–Crippen MR) is 88.2 cm³/mol. The SMILES string of the molecule is CC1CCC(CNC(C)C)C(Cc2ccc(Cl)cc2F)C1. The number of nitrogens with one attached hydrogen (secondary N) is 1. The fourth-order valence-corrected chi connectivity index (χ4v) is 3.60. The normalized spacial score (nSPS) is 26.3. The van der Waals surface area contributed by atoms with Crippen molar-refractivity contribution >= 4 is 11.6 Å². The van der Waals surface area contributed by atoms with Gasteiger partial charge in [-0.05, 0) is 61.3 Å². The van der Waals surface area contributed by atoms with Crippen molar-refractivity contribution in [3.8, 4) is 0 Å². The largest absolute Gasteiger partial charge is 0.314 e. The Morgan fingerprint density at radius 1 is 1.29 bits per heavy atom. The van der Waals surface area contributed by atoms with E-state index in [2.05, 4.69) is 26.1 Å². The van der Waals surface area contributed by atoms with E-state index in [1.807, 2.05) is 6.07 Å². The molecular formula is C18H27ClFN. The van der Waals surface area contributed by atoms with E-state index in [4.69, 9.17) is 11.6 Å². The second kappa shape index (κ2) is 7.60. The zero-order valence-corrected chi connectivity index (χ0v) is 14.1. The van der Waals surface area contributed by atoms with Gasteiger partial charge in [-0.3, -0.25) is 0 Å². The molecule has 118 valence electrons. The molecule has 0 aliphatic heterocycles. The molecule has 3 unspecified atom stereocenters. The number of benzene rings is 1. The van der Waals surface area contributed by atoms with Gasteiger partial charge in [0.05, 0.1) is 0 Å². The molecule has 0 aromatic heterocycles. The first-order valence-corrected chi connectivity index (χ1v) is 8.50. The number of halogens is 2. The summed E-state index contributed by atoms with van der Waals surface area (Å²) in [5, 5.41) is 4.03. The van der Waals surface area contributed by atoms with Crippen LogP contribution in [0.5, 0.6) is 0 Å². The number of hydrogen-bond acceptors (Lipinski definition) is 1. The van der Waals surface area contributed by atoms with Crippen LogP contribution in [0.4, 0.5) is 4.39 Å². The van der Waals surface area contributed by atoms with Gasteiger partial charge in [0.2, 0.25) is 0 Å². The van der Waals surface area contributed by atoms with Gasteiger partial charge in [-0.1, -0.05) is 44.9 Å². The van der Waals surface area contributed by atoms with Crippen LogP contribution in [0.2, 0.25) is 5.02 Å². The van der Waals surface area contributed by atoms with Crippen LogP contribution in [0.15, 0.2) is 18.2 Å². The van der Waals surface area contributed by atoms with E-state index in [1.165, 1.54) is 25.3 Å². The topological polar surface area (TPSA) is 12.0 Å². The highest BCUT2D eigenvalue weighted by atomic mass is 35.5. The minimum absolute atomic E-state index is 0.156. The zero-order valence-electron chi connectivity index (χ0n) is 13.3. The third-order valence-corrected chi connectivity index (χ3v) is 4.92. The van der Waals surface area contributed by atoms with Gasteiger partial charge in [-0.25, -0.2) is 4.39 Å². The number of hydrogen-bond donors (Lipinski definition) is 1. The van der Waals surface area contributed by atoms with Crippen LogP contribution in [-0.4, -0.2) is 12.6 Å². The Labute approximate surface area is 133 Å². The van der Waals surface area contributed by atoms with E-state index < -0.39 is 0 Å². The Morgan fingerprint density at radius 2 is 2.05 bits per heavy atom. The molecule has 1 fully saturated rings. The van der Waals surface area contributed by atoms with Gasteiger partial charge in [0.15, 0.2) is 0 Å².